The average Bonchev–Trinajstić information content (AvgIpc) is 2.40. The summed E-state index contributed by atoms with van der Waals surface area (Å²) in [5, 5.41) is 3.73. The zero-order valence-corrected chi connectivity index (χ0v) is 9.19. The number of hydrogen-bond donors (Lipinski definition) is 0. The van der Waals surface area contributed by atoms with Crippen molar-refractivity contribution in [1.29, 1.82) is 0 Å². The van der Waals surface area contributed by atoms with Crippen LogP contribution in [0.4, 0.5) is 0 Å². The van der Waals surface area contributed by atoms with E-state index in [4.69, 9.17) is 5.53 Å². The minimum Gasteiger partial charge on any atom is -0.0622 e. The Morgan fingerprint density at radius 3 is 2.12 bits per heavy atom. The number of benzene rings is 2. The van der Waals surface area contributed by atoms with Crippen molar-refractivity contribution in [3.63, 3.8) is 0 Å². The summed E-state index contributed by atoms with van der Waals surface area (Å²) in [4.78, 5) is 2.87. The van der Waals surface area contributed by atoms with Crippen molar-refractivity contribution in [2.75, 3.05) is 0 Å². The van der Waals surface area contributed by atoms with Crippen molar-refractivity contribution in [2.45, 2.75) is 0 Å². The van der Waals surface area contributed by atoms with Crippen LogP contribution >= 0.6 is 0 Å². The Morgan fingerprint density at radius 1 is 0.941 bits per heavy atom. The molecule has 0 aromatic heterocycles. The highest BCUT2D eigenvalue weighted by molar-refractivity contribution is 5.80. The quantitative estimate of drug-likeness (QED) is 0.317. The molecular weight excluding hydrogens is 210 g/mol. The summed E-state index contributed by atoms with van der Waals surface area (Å²) in [7, 11) is 0. The van der Waals surface area contributed by atoms with Crippen molar-refractivity contribution < 1.29 is 0 Å². The van der Waals surface area contributed by atoms with Gasteiger partial charge in [-0.2, -0.15) is 0 Å². The Labute approximate surface area is 99.7 Å². The largest absolute Gasteiger partial charge is 0.0622 e. The first-order chi connectivity index (χ1) is 8.40. The molecule has 0 amide bonds. The minimum absolute atomic E-state index is 0.624. The Bertz CT molecular complexity index is 553. The van der Waals surface area contributed by atoms with Crippen molar-refractivity contribution in [3.05, 3.63) is 82.2 Å². The highest BCUT2D eigenvalue weighted by atomic mass is 15.1. The van der Waals surface area contributed by atoms with Gasteiger partial charge in [0.05, 0.1) is 0 Å². The molecule has 0 aliphatic carbocycles. The highest BCUT2D eigenvalue weighted by Gasteiger charge is 1.98. The van der Waals surface area contributed by atoms with E-state index in [2.05, 4.69) is 10.0 Å². The van der Waals surface area contributed by atoms with Crippen LogP contribution in [0.2, 0.25) is 0 Å². The number of azide groups is 1. The Balaban J connectivity index is 2.43. The number of rotatable bonds is 3. The zero-order chi connectivity index (χ0) is 11.9. The zero-order valence-electron chi connectivity index (χ0n) is 9.19. The van der Waals surface area contributed by atoms with Gasteiger partial charge in [0, 0.05) is 10.6 Å². The van der Waals surface area contributed by atoms with E-state index >= 15 is 0 Å². The molecule has 0 radical (unpaired) electrons. The van der Waals surface area contributed by atoms with Crippen LogP contribution in [0.25, 0.3) is 22.2 Å². The van der Waals surface area contributed by atoms with Crippen LogP contribution in [-0.4, -0.2) is 0 Å². The Hall–Kier alpha value is -2.51. The van der Waals surface area contributed by atoms with E-state index in [1.165, 1.54) is 0 Å². The fraction of sp³-hybridized carbons (Fsp3) is 0. The van der Waals surface area contributed by atoms with Crippen LogP contribution in [0.3, 0.4) is 0 Å². The Morgan fingerprint density at radius 2 is 1.53 bits per heavy atom. The smallest absolute Gasteiger partial charge is 0.0453 e. The second kappa shape index (κ2) is 5.54. The average molecular weight is 221 g/mol. The minimum atomic E-state index is 0.624. The molecule has 0 heterocycles. The molecule has 0 bridgehead atoms. The maximum absolute atomic E-state index is 8.59. The molecule has 0 fully saturated rings. The predicted octanol–water partition coefficient (Wildman–Crippen LogP) is 4.50. The number of hydrogen-bond acceptors (Lipinski definition) is 1. The summed E-state index contributed by atoms with van der Waals surface area (Å²) >= 11 is 0. The summed E-state index contributed by atoms with van der Waals surface area (Å²) in [5.41, 5.74) is 11.1. The van der Waals surface area contributed by atoms with Gasteiger partial charge in [0.1, 0.15) is 0 Å². The first-order valence-electron chi connectivity index (χ1n) is 5.27. The monoisotopic (exact) mass is 221 g/mol. The van der Waals surface area contributed by atoms with Gasteiger partial charge in [0.25, 0.3) is 0 Å². The summed E-state index contributed by atoms with van der Waals surface area (Å²) < 4.78 is 0. The van der Waals surface area contributed by atoms with Gasteiger partial charge in [-0.25, -0.2) is 0 Å². The van der Waals surface area contributed by atoms with E-state index in [0.29, 0.717) is 5.70 Å². The van der Waals surface area contributed by atoms with E-state index in [1.54, 1.807) is 0 Å². The SMILES string of the molecule is [N-]=[N+]=N/C(=C\c1ccccc1)c1ccccc1. The second-order valence-corrected chi connectivity index (χ2v) is 3.50. The van der Waals surface area contributed by atoms with E-state index in [9.17, 15) is 0 Å². The molecule has 0 saturated heterocycles. The first kappa shape index (κ1) is 11.0. The predicted molar refractivity (Wildman–Crippen MR) is 69.9 cm³/mol. The molecule has 0 unspecified atom stereocenters. The van der Waals surface area contributed by atoms with Gasteiger partial charge in [0.15, 0.2) is 0 Å². The third kappa shape index (κ3) is 2.97. The lowest BCUT2D eigenvalue weighted by Gasteiger charge is -2.00. The topological polar surface area (TPSA) is 48.8 Å². The molecule has 2 aromatic rings. The van der Waals surface area contributed by atoms with Gasteiger partial charge in [-0.1, -0.05) is 65.8 Å². The summed E-state index contributed by atoms with van der Waals surface area (Å²) in [5.74, 6) is 0. The van der Waals surface area contributed by atoms with Crippen LogP contribution in [0.5, 0.6) is 0 Å². The lowest BCUT2D eigenvalue weighted by atomic mass is 10.1. The molecule has 3 heteroatoms. The van der Waals surface area contributed by atoms with E-state index < -0.39 is 0 Å². The van der Waals surface area contributed by atoms with Gasteiger partial charge in [-0.15, -0.1) is 0 Å². The van der Waals surface area contributed by atoms with Crippen LogP contribution in [0.15, 0.2) is 65.8 Å². The molecule has 17 heavy (non-hydrogen) atoms. The fourth-order valence-electron chi connectivity index (χ4n) is 1.53. The lowest BCUT2D eigenvalue weighted by molar-refractivity contribution is 1.48. The maximum atomic E-state index is 8.59. The normalized spacial score (nSPS) is 10.7. The van der Waals surface area contributed by atoms with Crippen LogP contribution < -0.4 is 0 Å². The second-order valence-electron chi connectivity index (χ2n) is 3.50. The van der Waals surface area contributed by atoms with E-state index in [-0.39, 0.29) is 0 Å². The highest BCUT2D eigenvalue weighted by Crippen LogP contribution is 2.19. The molecule has 82 valence electrons. The molecule has 0 saturated carbocycles. The standard InChI is InChI=1S/C14H11N3/c15-17-16-14(13-9-5-2-6-10-13)11-12-7-3-1-4-8-12/h1-11H/b14-11-. The van der Waals surface area contributed by atoms with E-state index in [1.807, 2.05) is 66.7 Å². The summed E-state index contributed by atoms with van der Waals surface area (Å²) in [6.07, 6.45) is 1.87. The van der Waals surface area contributed by atoms with Crippen LogP contribution in [0.1, 0.15) is 11.1 Å². The molecule has 0 spiro atoms. The fourth-order valence-corrected chi connectivity index (χ4v) is 1.53. The third-order valence-corrected chi connectivity index (χ3v) is 2.32. The lowest BCUT2D eigenvalue weighted by Crippen LogP contribution is -1.79. The van der Waals surface area contributed by atoms with Crippen LogP contribution in [0, 0.1) is 0 Å². The Kier molecular flexibility index (Phi) is 3.58. The van der Waals surface area contributed by atoms with Gasteiger partial charge in [-0.05, 0) is 22.7 Å². The molecule has 2 aromatic carbocycles. The van der Waals surface area contributed by atoms with Gasteiger partial charge in [-0.3, -0.25) is 0 Å². The molecule has 0 aliphatic heterocycles. The van der Waals surface area contributed by atoms with Crippen LogP contribution in [-0.2, 0) is 0 Å². The molecule has 0 atom stereocenters. The molecule has 3 nitrogen and oxygen atoms in total. The summed E-state index contributed by atoms with van der Waals surface area (Å²) in [6, 6.07) is 19.4. The van der Waals surface area contributed by atoms with Gasteiger partial charge in [0.2, 0.25) is 0 Å². The number of nitrogens with zero attached hydrogens (tertiary/aromatic N) is 3. The van der Waals surface area contributed by atoms with Gasteiger partial charge < -0.3 is 0 Å². The van der Waals surface area contributed by atoms with Crippen molar-refractivity contribution in [1.82, 2.24) is 0 Å². The van der Waals surface area contributed by atoms with Crippen molar-refractivity contribution in [3.8, 4) is 0 Å². The van der Waals surface area contributed by atoms with Crippen molar-refractivity contribution in [2.24, 2.45) is 5.11 Å². The third-order valence-electron chi connectivity index (χ3n) is 2.32. The molecular formula is C14H11N3. The molecule has 2 rings (SSSR count). The summed E-state index contributed by atoms with van der Waals surface area (Å²) in [6.45, 7) is 0. The van der Waals surface area contributed by atoms with Crippen molar-refractivity contribution >= 4 is 11.8 Å². The van der Waals surface area contributed by atoms with Gasteiger partial charge >= 0.3 is 0 Å². The maximum Gasteiger partial charge on any atom is 0.0453 e. The van der Waals surface area contributed by atoms with E-state index in [0.717, 1.165) is 11.1 Å². The molecule has 0 N–H and O–H groups in total. The first-order valence-corrected chi connectivity index (χ1v) is 5.27. The molecule has 0 aliphatic rings.